The Kier molecular flexibility index (Phi) is 3.44. The molecule has 0 saturated heterocycles. The molecule has 5 nitrogen and oxygen atoms in total. The van der Waals surface area contributed by atoms with Crippen LogP contribution in [0.5, 0.6) is 0 Å². The molecule has 1 aliphatic carbocycles. The van der Waals surface area contributed by atoms with Gasteiger partial charge in [0.05, 0.1) is 6.42 Å². The van der Waals surface area contributed by atoms with Gasteiger partial charge in [0.1, 0.15) is 0 Å². The number of rotatable bonds is 2. The molecule has 0 atom stereocenters. The predicted octanol–water partition coefficient (Wildman–Crippen LogP) is 1.18. The molecule has 0 aromatic heterocycles. The summed E-state index contributed by atoms with van der Waals surface area (Å²) in [5.41, 5.74) is 8.17. The minimum atomic E-state index is -0.0746. The van der Waals surface area contributed by atoms with Gasteiger partial charge >= 0.3 is 0 Å². The fraction of sp³-hybridized carbons (Fsp3) is 0.467. The Hall–Kier alpha value is -1.88. The highest BCUT2D eigenvalue weighted by molar-refractivity contribution is 6.02. The van der Waals surface area contributed by atoms with E-state index in [1.807, 2.05) is 6.07 Å². The van der Waals surface area contributed by atoms with E-state index in [-0.39, 0.29) is 23.9 Å². The van der Waals surface area contributed by atoms with Gasteiger partial charge in [0, 0.05) is 23.3 Å². The van der Waals surface area contributed by atoms with Gasteiger partial charge in [-0.15, -0.1) is 0 Å². The fourth-order valence-electron chi connectivity index (χ4n) is 2.89. The second-order valence-electron chi connectivity index (χ2n) is 5.68. The molecule has 20 heavy (non-hydrogen) atoms. The van der Waals surface area contributed by atoms with Crippen LogP contribution >= 0.6 is 0 Å². The molecule has 2 aliphatic rings. The second-order valence-corrected chi connectivity index (χ2v) is 5.68. The third-order valence-electron chi connectivity index (χ3n) is 4.10. The first kappa shape index (κ1) is 13.1. The summed E-state index contributed by atoms with van der Waals surface area (Å²) in [6, 6.07) is 5.87. The van der Waals surface area contributed by atoms with Crippen LogP contribution in [0.2, 0.25) is 0 Å². The van der Waals surface area contributed by atoms with Gasteiger partial charge < -0.3 is 16.4 Å². The van der Waals surface area contributed by atoms with Crippen molar-refractivity contribution < 1.29 is 9.59 Å². The van der Waals surface area contributed by atoms with E-state index in [1.54, 1.807) is 12.1 Å². The van der Waals surface area contributed by atoms with Gasteiger partial charge in [-0.1, -0.05) is 6.07 Å². The molecule has 4 N–H and O–H groups in total. The maximum atomic E-state index is 12.2. The molecule has 0 bridgehead atoms. The van der Waals surface area contributed by atoms with Crippen LogP contribution in [0.4, 0.5) is 5.69 Å². The maximum absolute atomic E-state index is 12.2. The molecule has 1 saturated carbocycles. The number of nitrogens with two attached hydrogens (primary N) is 1. The number of carbonyl (C=O) groups excluding carboxylic acids is 2. The Morgan fingerprint density at radius 2 is 2.00 bits per heavy atom. The van der Waals surface area contributed by atoms with E-state index >= 15 is 0 Å². The molecule has 1 aromatic rings. The number of carbonyl (C=O) groups is 2. The second kappa shape index (κ2) is 5.25. The van der Waals surface area contributed by atoms with Gasteiger partial charge in [-0.2, -0.15) is 0 Å². The summed E-state index contributed by atoms with van der Waals surface area (Å²) in [4.78, 5) is 23.5. The van der Waals surface area contributed by atoms with Crippen molar-refractivity contribution in [1.82, 2.24) is 5.32 Å². The largest absolute Gasteiger partial charge is 0.349 e. The van der Waals surface area contributed by atoms with Gasteiger partial charge in [0.25, 0.3) is 5.91 Å². The Morgan fingerprint density at radius 3 is 2.75 bits per heavy atom. The fourth-order valence-corrected chi connectivity index (χ4v) is 2.89. The van der Waals surface area contributed by atoms with Crippen molar-refractivity contribution in [3.05, 3.63) is 29.3 Å². The number of anilines is 1. The number of hydrogen-bond acceptors (Lipinski definition) is 3. The molecule has 5 heteroatoms. The van der Waals surface area contributed by atoms with E-state index in [0.717, 1.165) is 36.9 Å². The Balaban J connectivity index is 1.66. The summed E-state index contributed by atoms with van der Waals surface area (Å²) in [6.07, 6.45) is 4.21. The first-order valence-corrected chi connectivity index (χ1v) is 7.11. The molecule has 1 aliphatic heterocycles. The predicted molar refractivity (Wildman–Crippen MR) is 76.5 cm³/mol. The lowest BCUT2D eigenvalue weighted by Gasteiger charge is -2.26. The topological polar surface area (TPSA) is 84.2 Å². The van der Waals surface area contributed by atoms with Crippen molar-refractivity contribution in [2.24, 2.45) is 5.73 Å². The van der Waals surface area contributed by atoms with Crippen molar-refractivity contribution in [2.45, 2.75) is 44.2 Å². The zero-order chi connectivity index (χ0) is 14.1. The van der Waals surface area contributed by atoms with Crippen molar-refractivity contribution in [1.29, 1.82) is 0 Å². The lowest BCUT2D eigenvalue weighted by Crippen LogP contribution is -2.40. The maximum Gasteiger partial charge on any atom is 0.251 e. The van der Waals surface area contributed by atoms with Crippen molar-refractivity contribution in [2.75, 3.05) is 5.32 Å². The molecule has 1 heterocycles. The lowest BCUT2D eigenvalue weighted by atomic mass is 9.91. The standard InChI is InChI=1S/C15H19N3O2/c16-11-3-5-12(6-4-11)17-15(20)10-2-1-9-8-14(19)18-13(9)7-10/h1-2,7,11-12H,3-6,8,16H2,(H,17,20)(H,18,19)/t11-,12-. The van der Waals surface area contributed by atoms with E-state index in [1.165, 1.54) is 0 Å². The van der Waals surface area contributed by atoms with Crippen LogP contribution in [0.15, 0.2) is 18.2 Å². The smallest absolute Gasteiger partial charge is 0.251 e. The summed E-state index contributed by atoms with van der Waals surface area (Å²) in [5.74, 6) is -0.0896. The Bertz CT molecular complexity index is 548. The number of nitrogens with one attached hydrogen (secondary N) is 2. The summed E-state index contributed by atoms with van der Waals surface area (Å²) < 4.78 is 0. The third kappa shape index (κ3) is 2.67. The molecule has 0 spiro atoms. The number of benzene rings is 1. The molecular weight excluding hydrogens is 254 g/mol. The monoisotopic (exact) mass is 273 g/mol. The first-order valence-electron chi connectivity index (χ1n) is 7.11. The normalized spacial score (nSPS) is 24.9. The van der Waals surface area contributed by atoms with E-state index in [4.69, 9.17) is 5.73 Å². The first-order chi connectivity index (χ1) is 9.61. The van der Waals surface area contributed by atoms with Gasteiger partial charge in [-0.05, 0) is 43.4 Å². The summed E-state index contributed by atoms with van der Waals surface area (Å²) in [6.45, 7) is 0. The third-order valence-corrected chi connectivity index (χ3v) is 4.10. The van der Waals surface area contributed by atoms with Crippen LogP contribution in [0, 0.1) is 0 Å². The van der Waals surface area contributed by atoms with E-state index in [2.05, 4.69) is 10.6 Å². The van der Waals surface area contributed by atoms with Gasteiger partial charge in [-0.25, -0.2) is 0 Å². The minimum Gasteiger partial charge on any atom is -0.349 e. The molecule has 0 radical (unpaired) electrons. The van der Waals surface area contributed by atoms with Crippen LogP contribution in [-0.2, 0) is 11.2 Å². The SMILES string of the molecule is N[C@H]1CC[C@H](NC(=O)c2ccc3c(c2)NC(=O)C3)CC1. The number of hydrogen-bond donors (Lipinski definition) is 3. The van der Waals surface area contributed by atoms with Crippen LogP contribution in [0.3, 0.4) is 0 Å². The highest BCUT2D eigenvalue weighted by atomic mass is 16.2. The van der Waals surface area contributed by atoms with Crippen molar-refractivity contribution in [3.63, 3.8) is 0 Å². The quantitative estimate of drug-likeness (QED) is 0.756. The average Bonchev–Trinajstić information content (AvgIpc) is 2.80. The molecule has 3 rings (SSSR count). The van der Waals surface area contributed by atoms with E-state index < -0.39 is 0 Å². The molecule has 1 fully saturated rings. The highest BCUT2D eigenvalue weighted by Gasteiger charge is 2.22. The molecule has 106 valence electrons. The Morgan fingerprint density at radius 1 is 1.25 bits per heavy atom. The summed E-state index contributed by atoms with van der Waals surface area (Å²) >= 11 is 0. The molecule has 0 unspecified atom stereocenters. The van der Waals surface area contributed by atoms with Crippen molar-refractivity contribution in [3.8, 4) is 0 Å². The summed E-state index contributed by atoms with van der Waals surface area (Å²) in [7, 11) is 0. The highest BCUT2D eigenvalue weighted by Crippen LogP contribution is 2.24. The van der Waals surface area contributed by atoms with E-state index in [9.17, 15) is 9.59 Å². The lowest BCUT2D eigenvalue weighted by molar-refractivity contribution is -0.115. The zero-order valence-corrected chi connectivity index (χ0v) is 11.3. The van der Waals surface area contributed by atoms with Gasteiger partial charge in [-0.3, -0.25) is 9.59 Å². The van der Waals surface area contributed by atoms with Gasteiger partial charge in [0.15, 0.2) is 0 Å². The van der Waals surface area contributed by atoms with Crippen molar-refractivity contribution >= 4 is 17.5 Å². The zero-order valence-electron chi connectivity index (χ0n) is 11.3. The van der Waals surface area contributed by atoms with Gasteiger partial charge in [0.2, 0.25) is 5.91 Å². The number of fused-ring (bicyclic) bond motifs is 1. The summed E-state index contributed by atoms with van der Waals surface area (Å²) in [5, 5.41) is 5.82. The Labute approximate surface area is 117 Å². The average molecular weight is 273 g/mol. The minimum absolute atomic E-state index is 0.0150. The van der Waals surface area contributed by atoms with Crippen LogP contribution in [-0.4, -0.2) is 23.9 Å². The molecule has 2 amide bonds. The van der Waals surface area contributed by atoms with Crippen LogP contribution in [0.25, 0.3) is 0 Å². The van der Waals surface area contributed by atoms with Crippen LogP contribution in [0.1, 0.15) is 41.6 Å². The van der Waals surface area contributed by atoms with Crippen LogP contribution < -0.4 is 16.4 Å². The molecular formula is C15H19N3O2. The molecule has 1 aromatic carbocycles. The number of amides is 2. The van der Waals surface area contributed by atoms with E-state index in [0.29, 0.717) is 12.0 Å².